The first-order valence-corrected chi connectivity index (χ1v) is 8.92. The van der Waals surface area contributed by atoms with Crippen molar-refractivity contribution in [2.45, 2.75) is 12.3 Å². The molecule has 8 nitrogen and oxygen atoms in total. The largest absolute Gasteiger partial charge is 0.381 e. The molecule has 1 unspecified atom stereocenters. The Morgan fingerprint density at radius 3 is 2.77 bits per heavy atom. The fourth-order valence-corrected chi connectivity index (χ4v) is 3.38. The van der Waals surface area contributed by atoms with Gasteiger partial charge in [0.15, 0.2) is 0 Å². The average Bonchev–Trinajstić information content (AvgIpc) is 3.32. The van der Waals surface area contributed by atoms with Crippen molar-refractivity contribution >= 4 is 17.4 Å². The zero-order chi connectivity index (χ0) is 17.9. The summed E-state index contributed by atoms with van der Waals surface area (Å²) in [5.74, 6) is 0.518. The summed E-state index contributed by atoms with van der Waals surface area (Å²) >= 11 is 0. The minimum Gasteiger partial charge on any atom is -0.381 e. The fraction of sp³-hybridized carbons (Fsp3) is 0.500. The molecule has 0 aliphatic carbocycles. The van der Waals surface area contributed by atoms with E-state index in [1.165, 1.54) is 0 Å². The molecule has 1 atom stereocenters. The first kappa shape index (κ1) is 17.0. The summed E-state index contributed by atoms with van der Waals surface area (Å²) in [6.07, 6.45) is 4.44. The lowest BCUT2D eigenvalue weighted by molar-refractivity contribution is 0.102. The lowest BCUT2D eigenvalue weighted by atomic mass is 10.0. The van der Waals surface area contributed by atoms with Gasteiger partial charge in [0.1, 0.15) is 5.82 Å². The van der Waals surface area contributed by atoms with Crippen LogP contribution in [0.2, 0.25) is 0 Å². The van der Waals surface area contributed by atoms with Gasteiger partial charge in [-0.1, -0.05) is 0 Å². The number of amides is 1. The Balaban J connectivity index is 1.46. The van der Waals surface area contributed by atoms with Crippen molar-refractivity contribution in [3.63, 3.8) is 0 Å². The third-order valence-electron chi connectivity index (χ3n) is 4.78. The van der Waals surface area contributed by atoms with Crippen LogP contribution in [0.3, 0.4) is 0 Å². The van der Waals surface area contributed by atoms with Crippen LogP contribution in [0.1, 0.15) is 28.4 Å². The highest BCUT2D eigenvalue weighted by atomic mass is 16.5. The number of hydrogen-bond acceptors (Lipinski definition) is 6. The number of aromatic nitrogens is 3. The monoisotopic (exact) mass is 357 g/mol. The second-order valence-electron chi connectivity index (χ2n) is 6.62. The molecule has 0 radical (unpaired) electrons. The van der Waals surface area contributed by atoms with E-state index < -0.39 is 0 Å². The van der Waals surface area contributed by atoms with Crippen LogP contribution in [0.4, 0.5) is 11.5 Å². The summed E-state index contributed by atoms with van der Waals surface area (Å²) in [5, 5.41) is 7.35. The van der Waals surface area contributed by atoms with E-state index in [-0.39, 0.29) is 11.8 Å². The third-order valence-corrected chi connectivity index (χ3v) is 4.78. The summed E-state index contributed by atoms with van der Waals surface area (Å²) in [6.45, 7) is 4.50. The van der Waals surface area contributed by atoms with Gasteiger partial charge in [-0.3, -0.25) is 9.48 Å². The molecule has 0 aromatic carbocycles. The molecule has 0 saturated carbocycles. The van der Waals surface area contributed by atoms with E-state index >= 15 is 0 Å². The number of morpholine rings is 1. The van der Waals surface area contributed by atoms with Crippen LogP contribution >= 0.6 is 0 Å². The highest BCUT2D eigenvalue weighted by Crippen LogP contribution is 2.27. The quantitative estimate of drug-likeness (QED) is 0.891. The number of rotatable bonds is 4. The zero-order valence-electron chi connectivity index (χ0n) is 14.9. The molecule has 2 aromatic heterocycles. The Hall–Kier alpha value is -2.45. The maximum Gasteiger partial charge on any atom is 0.260 e. The fourth-order valence-electron chi connectivity index (χ4n) is 3.38. The van der Waals surface area contributed by atoms with Gasteiger partial charge in [0.2, 0.25) is 0 Å². The molecule has 138 valence electrons. The van der Waals surface area contributed by atoms with Gasteiger partial charge in [0, 0.05) is 38.9 Å². The lowest BCUT2D eigenvalue weighted by Crippen LogP contribution is -2.36. The standard InChI is InChI=1S/C18H23N5O3/c1-22-11-15(17(21-22)13-4-7-26-12-13)18(24)20-16-3-2-14(10-19-16)23-5-8-25-9-6-23/h2-3,10-11,13H,4-9,12H2,1H3,(H,19,20,24). The van der Waals surface area contributed by atoms with Gasteiger partial charge in [-0.15, -0.1) is 0 Å². The molecular formula is C18H23N5O3. The van der Waals surface area contributed by atoms with Gasteiger partial charge in [-0.2, -0.15) is 5.10 Å². The molecule has 2 aliphatic rings. The number of nitrogens with one attached hydrogen (secondary N) is 1. The van der Waals surface area contributed by atoms with Crippen LogP contribution in [0, 0.1) is 0 Å². The van der Waals surface area contributed by atoms with Crippen molar-refractivity contribution in [3.05, 3.63) is 35.8 Å². The average molecular weight is 357 g/mol. The second kappa shape index (κ2) is 7.43. The number of anilines is 2. The number of hydrogen-bond donors (Lipinski definition) is 1. The normalized spacial score (nSPS) is 20.3. The molecule has 2 saturated heterocycles. The van der Waals surface area contributed by atoms with E-state index in [1.54, 1.807) is 17.1 Å². The van der Waals surface area contributed by atoms with Crippen molar-refractivity contribution in [2.24, 2.45) is 7.05 Å². The number of ether oxygens (including phenoxy) is 2. The summed E-state index contributed by atoms with van der Waals surface area (Å²) in [4.78, 5) is 19.3. The molecule has 1 N–H and O–H groups in total. The van der Waals surface area contributed by atoms with E-state index in [2.05, 4.69) is 20.3 Å². The topological polar surface area (TPSA) is 81.5 Å². The van der Waals surface area contributed by atoms with Crippen LogP contribution in [-0.2, 0) is 16.5 Å². The molecule has 2 fully saturated rings. The zero-order valence-corrected chi connectivity index (χ0v) is 14.9. The first-order chi connectivity index (χ1) is 12.7. The van der Waals surface area contributed by atoms with Crippen molar-refractivity contribution in [3.8, 4) is 0 Å². The highest BCUT2D eigenvalue weighted by molar-refractivity contribution is 6.04. The Morgan fingerprint density at radius 1 is 1.23 bits per heavy atom. The van der Waals surface area contributed by atoms with Crippen molar-refractivity contribution in [1.29, 1.82) is 0 Å². The third kappa shape index (κ3) is 3.56. The van der Waals surface area contributed by atoms with Crippen LogP contribution in [0.5, 0.6) is 0 Å². The van der Waals surface area contributed by atoms with Gasteiger partial charge in [0.05, 0.1) is 43.0 Å². The molecule has 2 aromatic rings. The van der Waals surface area contributed by atoms with E-state index in [0.717, 1.165) is 44.1 Å². The van der Waals surface area contributed by atoms with Crippen LogP contribution in [-0.4, -0.2) is 60.2 Å². The Labute approximate surface area is 152 Å². The molecule has 26 heavy (non-hydrogen) atoms. The van der Waals surface area contributed by atoms with Gasteiger partial charge in [0.25, 0.3) is 5.91 Å². The summed E-state index contributed by atoms with van der Waals surface area (Å²) in [5.41, 5.74) is 2.42. The smallest absolute Gasteiger partial charge is 0.260 e. The molecular weight excluding hydrogens is 334 g/mol. The summed E-state index contributed by atoms with van der Waals surface area (Å²) in [7, 11) is 1.82. The van der Waals surface area contributed by atoms with Crippen molar-refractivity contribution in [2.75, 3.05) is 49.7 Å². The second-order valence-corrected chi connectivity index (χ2v) is 6.62. The van der Waals surface area contributed by atoms with Gasteiger partial charge in [-0.05, 0) is 18.6 Å². The number of carbonyl (C=O) groups excluding carboxylic acids is 1. The molecule has 8 heteroatoms. The number of nitrogens with zero attached hydrogens (tertiary/aromatic N) is 4. The predicted octanol–water partition coefficient (Wildman–Crippen LogP) is 1.41. The molecule has 4 heterocycles. The van der Waals surface area contributed by atoms with Gasteiger partial charge in [-0.25, -0.2) is 4.98 Å². The Bertz CT molecular complexity index is 762. The van der Waals surface area contributed by atoms with E-state index in [4.69, 9.17) is 9.47 Å². The van der Waals surface area contributed by atoms with Crippen molar-refractivity contribution in [1.82, 2.24) is 14.8 Å². The Morgan fingerprint density at radius 2 is 2.08 bits per heavy atom. The number of aryl methyl sites for hydroxylation is 1. The van der Waals surface area contributed by atoms with E-state index in [9.17, 15) is 4.79 Å². The maximum atomic E-state index is 12.7. The first-order valence-electron chi connectivity index (χ1n) is 8.92. The van der Waals surface area contributed by atoms with Gasteiger partial charge < -0.3 is 19.7 Å². The summed E-state index contributed by atoms with van der Waals surface area (Å²) < 4.78 is 12.5. The van der Waals surface area contributed by atoms with E-state index in [0.29, 0.717) is 24.6 Å². The molecule has 2 aliphatic heterocycles. The number of carbonyl (C=O) groups is 1. The van der Waals surface area contributed by atoms with Crippen LogP contribution < -0.4 is 10.2 Å². The maximum absolute atomic E-state index is 12.7. The highest BCUT2D eigenvalue weighted by Gasteiger charge is 2.26. The summed E-state index contributed by atoms with van der Waals surface area (Å²) in [6, 6.07) is 3.81. The Kier molecular flexibility index (Phi) is 4.85. The SMILES string of the molecule is Cn1cc(C(=O)Nc2ccc(N3CCOCC3)cn2)c(C2CCOC2)n1. The van der Waals surface area contributed by atoms with Gasteiger partial charge >= 0.3 is 0 Å². The van der Waals surface area contributed by atoms with Crippen molar-refractivity contribution < 1.29 is 14.3 Å². The minimum absolute atomic E-state index is 0.175. The predicted molar refractivity (Wildman–Crippen MR) is 96.6 cm³/mol. The minimum atomic E-state index is -0.188. The van der Waals surface area contributed by atoms with Crippen LogP contribution in [0.15, 0.2) is 24.5 Å². The molecule has 4 rings (SSSR count). The number of pyridine rings is 1. The van der Waals surface area contributed by atoms with E-state index in [1.807, 2.05) is 19.2 Å². The van der Waals surface area contributed by atoms with Crippen LogP contribution in [0.25, 0.3) is 0 Å². The molecule has 0 bridgehead atoms. The lowest BCUT2D eigenvalue weighted by Gasteiger charge is -2.28. The molecule has 1 amide bonds. The molecule has 0 spiro atoms.